The van der Waals surface area contributed by atoms with Crippen molar-refractivity contribution >= 4 is 17.7 Å². The Morgan fingerprint density at radius 1 is 1.77 bits per heavy atom. The maximum atomic E-state index is 11.1. The Bertz CT molecular complexity index is 204. The summed E-state index contributed by atoms with van der Waals surface area (Å²) in [6.45, 7) is 2.69. The number of hydrogen-bond acceptors (Lipinski definition) is 3. The average molecular weight is 200 g/mol. The van der Waals surface area contributed by atoms with Crippen LogP contribution in [-0.4, -0.2) is 37.6 Å². The number of carbonyl (C=O) groups excluding carboxylic acids is 1. The van der Waals surface area contributed by atoms with Crippen molar-refractivity contribution in [3.8, 4) is 0 Å². The second-order valence-electron chi connectivity index (χ2n) is 3.03. The van der Waals surface area contributed by atoms with Crippen molar-refractivity contribution in [3.63, 3.8) is 0 Å². The predicted molar refractivity (Wildman–Crippen MR) is 57.0 cm³/mol. The Labute approximate surface area is 83.3 Å². The molecule has 2 N–H and O–H groups in total. The highest BCUT2D eigenvalue weighted by Crippen LogP contribution is 2.02. The summed E-state index contributed by atoms with van der Waals surface area (Å²) in [5.74, 6) is 0.692. The highest BCUT2D eigenvalue weighted by Gasteiger charge is 2.04. The minimum Gasteiger partial charge on any atom is -0.352 e. The van der Waals surface area contributed by atoms with E-state index in [1.54, 1.807) is 11.8 Å². The lowest BCUT2D eigenvalue weighted by molar-refractivity contribution is -0.118. The Morgan fingerprint density at radius 3 is 3.23 bits per heavy atom. The van der Waals surface area contributed by atoms with E-state index in [1.165, 1.54) is 5.57 Å². The van der Waals surface area contributed by atoms with Crippen molar-refractivity contribution < 1.29 is 4.79 Å². The molecule has 74 valence electrons. The monoisotopic (exact) mass is 200 g/mol. The molecular weight excluding hydrogens is 184 g/mol. The Hall–Kier alpha value is -0.480. The van der Waals surface area contributed by atoms with E-state index in [0.29, 0.717) is 5.75 Å². The second kappa shape index (κ2) is 6.05. The third-order valence-electron chi connectivity index (χ3n) is 1.95. The molecule has 0 aliphatic carbocycles. The molecule has 0 radical (unpaired) electrons. The smallest absolute Gasteiger partial charge is 0.230 e. The van der Waals surface area contributed by atoms with Crippen LogP contribution < -0.4 is 10.6 Å². The Kier molecular flexibility index (Phi) is 4.93. The molecule has 0 aromatic rings. The molecule has 0 aromatic carbocycles. The van der Waals surface area contributed by atoms with E-state index in [2.05, 4.69) is 16.7 Å². The van der Waals surface area contributed by atoms with Gasteiger partial charge in [0.2, 0.25) is 5.91 Å². The molecule has 0 aromatic heterocycles. The maximum absolute atomic E-state index is 11.1. The van der Waals surface area contributed by atoms with Gasteiger partial charge in [0, 0.05) is 13.1 Å². The quantitative estimate of drug-likeness (QED) is 0.645. The summed E-state index contributed by atoms with van der Waals surface area (Å²) in [6.07, 6.45) is 5.14. The first kappa shape index (κ1) is 10.6. The average Bonchev–Trinajstić information content (AvgIpc) is 2.17. The van der Waals surface area contributed by atoms with Crippen LogP contribution >= 0.6 is 11.8 Å². The van der Waals surface area contributed by atoms with Gasteiger partial charge in [-0.05, 0) is 19.2 Å². The molecule has 13 heavy (non-hydrogen) atoms. The van der Waals surface area contributed by atoms with Crippen LogP contribution in [0.3, 0.4) is 0 Å². The van der Waals surface area contributed by atoms with Gasteiger partial charge in [0.1, 0.15) is 0 Å². The standard InChI is InChI=1S/C9H16N2OS/c1-13-7-9(12)11-6-8-2-4-10-5-3-8/h2,10H,3-7H2,1H3,(H,11,12). The lowest BCUT2D eigenvalue weighted by atomic mass is 10.1. The number of carbonyl (C=O) groups is 1. The highest BCUT2D eigenvalue weighted by atomic mass is 32.2. The molecule has 0 fully saturated rings. The van der Waals surface area contributed by atoms with E-state index in [-0.39, 0.29) is 5.91 Å². The maximum Gasteiger partial charge on any atom is 0.230 e. The minimum absolute atomic E-state index is 0.131. The molecule has 0 bridgehead atoms. The van der Waals surface area contributed by atoms with Crippen LogP contribution in [0, 0.1) is 0 Å². The largest absolute Gasteiger partial charge is 0.352 e. The molecule has 4 heteroatoms. The van der Waals surface area contributed by atoms with Crippen LogP contribution in [0.5, 0.6) is 0 Å². The summed E-state index contributed by atoms with van der Waals surface area (Å²) in [7, 11) is 0. The van der Waals surface area contributed by atoms with Crippen molar-refractivity contribution in [1.29, 1.82) is 0 Å². The van der Waals surface area contributed by atoms with Crippen LogP contribution in [0.15, 0.2) is 11.6 Å². The number of nitrogens with one attached hydrogen (secondary N) is 2. The molecule has 1 heterocycles. The first-order valence-electron chi connectivity index (χ1n) is 4.47. The van der Waals surface area contributed by atoms with Crippen LogP contribution in [0.2, 0.25) is 0 Å². The molecule has 0 spiro atoms. The summed E-state index contributed by atoms with van der Waals surface area (Å²) in [5.41, 5.74) is 1.34. The van der Waals surface area contributed by atoms with Gasteiger partial charge >= 0.3 is 0 Å². The fourth-order valence-electron chi connectivity index (χ4n) is 1.22. The van der Waals surface area contributed by atoms with E-state index in [1.807, 2.05) is 6.26 Å². The zero-order valence-electron chi connectivity index (χ0n) is 7.93. The summed E-state index contributed by atoms with van der Waals surface area (Å²) in [6, 6.07) is 0. The molecule has 3 nitrogen and oxygen atoms in total. The van der Waals surface area contributed by atoms with Crippen molar-refractivity contribution in [2.24, 2.45) is 0 Å². The molecule has 0 saturated carbocycles. The van der Waals surface area contributed by atoms with E-state index >= 15 is 0 Å². The molecule has 0 saturated heterocycles. The van der Waals surface area contributed by atoms with Crippen molar-refractivity contribution in [1.82, 2.24) is 10.6 Å². The van der Waals surface area contributed by atoms with Gasteiger partial charge < -0.3 is 10.6 Å². The molecule has 0 unspecified atom stereocenters. The van der Waals surface area contributed by atoms with E-state index in [4.69, 9.17) is 0 Å². The Morgan fingerprint density at radius 2 is 2.62 bits per heavy atom. The first-order chi connectivity index (χ1) is 6.33. The minimum atomic E-state index is 0.131. The summed E-state index contributed by atoms with van der Waals surface area (Å²) >= 11 is 1.55. The van der Waals surface area contributed by atoms with Gasteiger partial charge in [-0.15, -0.1) is 0 Å². The molecule has 0 atom stereocenters. The molecule has 1 rings (SSSR count). The zero-order chi connectivity index (χ0) is 9.52. The SMILES string of the molecule is CSCC(=O)NCC1=CCNCC1. The first-order valence-corrected chi connectivity index (χ1v) is 5.86. The van der Waals surface area contributed by atoms with Gasteiger partial charge in [0.25, 0.3) is 0 Å². The van der Waals surface area contributed by atoms with Crippen molar-refractivity contribution in [2.45, 2.75) is 6.42 Å². The van der Waals surface area contributed by atoms with Gasteiger partial charge in [0.05, 0.1) is 5.75 Å². The normalized spacial score (nSPS) is 16.5. The van der Waals surface area contributed by atoms with Gasteiger partial charge in [-0.3, -0.25) is 4.79 Å². The number of thioether (sulfide) groups is 1. The molecule has 1 aliphatic rings. The van der Waals surface area contributed by atoms with E-state index in [0.717, 1.165) is 26.1 Å². The number of rotatable bonds is 4. The Balaban J connectivity index is 2.17. The highest BCUT2D eigenvalue weighted by molar-refractivity contribution is 7.99. The van der Waals surface area contributed by atoms with Crippen LogP contribution in [-0.2, 0) is 4.79 Å². The summed E-state index contributed by atoms with van der Waals surface area (Å²) in [5, 5.41) is 6.13. The molecular formula is C9H16N2OS. The van der Waals surface area contributed by atoms with Gasteiger partial charge in [-0.1, -0.05) is 11.6 Å². The van der Waals surface area contributed by atoms with Gasteiger partial charge in [-0.2, -0.15) is 11.8 Å². The van der Waals surface area contributed by atoms with E-state index < -0.39 is 0 Å². The molecule has 1 aliphatic heterocycles. The molecule has 1 amide bonds. The lowest BCUT2D eigenvalue weighted by Crippen LogP contribution is -2.30. The summed E-state index contributed by atoms with van der Waals surface area (Å²) < 4.78 is 0. The van der Waals surface area contributed by atoms with E-state index in [9.17, 15) is 4.79 Å². The van der Waals surface area contributed by atoms with Crippen LogP contribution in [0.25, 0.3) is 0 Å². The third-order valence-corrected chi connectivity index (χ3v) is 2.50. The number of amides is 1. The van der Waals surface area contributed by atoms with Crippen molar-refractivity contribution in [2.75, 3.05) is 31.6 Å². The second-order valence-corrected chi connectivity index (χ2v) is 3.89. The fourth-order valence-corrected chi connectivity index (χ4v) is 1.59. The number of hydrogen-bond donors (Lipinski definition) is 2. The van der Waals surface area contributed by atoms with Crippen LogP contribution in [0.4, 0.5) is 0 Å². The van der Waals surface area contributed by atoms with Gasteiger partial charge in [-0.25, -0.2) is 0 Å². The zero-order valence-corrected chi connectivity index (χ0v) is 8.75. The fraction of sp³-hybridized carbons (Fsp3) is 0.667. The lowest BCUT2D eigenvalue weighted by Gasteiger charge is -2.14. The van der Waals surface area contributed by atoms with Crippen LogP contribution in [0.1, 0.15) is 6.42 Å². The summed E-state index contributed by atoms with van der Waals surface area (Å²) in [4.78, 5) is 11.1. The predicted octanol–water partition coefficient (Wildman–Crippen LogP) is 0.385. The van der Waals surface area contributed by atoms with Crippen molar-refractivity contribution in [3.05, 3.63) is 11.6 Å². The van der Waals surface area contributed by atoms with Gasteiger partial charge in [0.15, 0.2) is 0 Å². The third kappa shape index (κ3) is 4.33. The topological polar surface area (TPSA) is 41.1 Å².